The van der Waals surface area contributed by atoms with Gasteiger partial charge in [0.2, 0.25) is 0 Å². The van der Waals surface area contributed by atoms with Crippen molar-refractivity contribution in [2.24, 2.45) is 0 Å². The van der Waals surface area contributed by atoms with E-state index in [0.717, 1.165) is 0 Å². The van der Waals surface area contributed by atoms with Crippen molar-refractivity contribution in [3.8, 4) is 5.75 Å². The molecule has 0 radical (unpaired) electrons. The molecule has 0 fully saturated rings. The number of aromatic carboxylic acids is 1. The summed E-state index contributed by atoms with van der Waals surface area (Å²) >= 11 is 0. The molecule has 0 aromatic heterocycles. The molecule has 0 unspecified atom stereocenters. The Morgan fingerprint density at radius 3 is 1.93 bits per heavy atom. The molecular formula is C11H14O3Zn. The van der Waals surface area contributed by atoms with E-state index in [2.05, 4.69) is 20.8 Å². The first-order valence-electron chi connectivity index (χ1n) is 4.21. The van der Waals surface area contributed by atoms with Gasteiger partial charge in [-0.25, -0.2) is 4.79 Å². The van der Waals surface area contributed by atoms with Crippen LogP contribution in [0.2, 0.25) is 0 Å². The molecule has 0 bridgehead atoms. The summed E-state index contributed by atoms with van der Waals surface area (Å²) in [6.07, 6.45) is 0. The molecule has 0 aliphatic carbocycles. The maximum absolute atomic E-state index is 10.7. The van der Waals surface area contributed by atoms with E-state index in [1.165, 1.54) is 30.2 Å². The van der Waals surface area contributed by atoms with Gasteiger partial charge in [-0.05, 0) is 6.07 Å². The summed E-state index contributed by atoms with van der Waals surface area (Å²) in [4.78, 5) is 10.2. The standard InChI is InChI=1S/C7H6O3.C4H9.Zn/c8-6-4-2-1-3-5(6)7(9)10;1-4(2)3;/h1-4,8H,(H,9,10);1-3H3;/q;-1;+2/p-1. The van der Waals surface area contributed by atoms with E-state index in [-0.39, 0.29) is 25.0 Å². The predicted molar refractivity (Wildman–Crippen MR) is 53.1 cm³/mol. The number of carboxylic acid groups (broad SMARTS) is 1. The Morgan fingerprint density at radius 2 is 1.67 bits per heavy atom. The Hall–Kier alpha value is -0.887. The van der Waals surface area contributed by atoms with Crippen molar-refractivity contribution < 1.29 is 34.5 Å². The Bertz CT molecular complexity index is 295. The van der Waals surface area contributed by atoms with Crippen LogP contribution in [0.3, 0.4) is 0 Å². The SMILES string of the molecule is C[C-](C)C.O=C(O)c1ccccc1[O-].[Zn+2]. The maximum atomic E-state index is 10.7. The van der Waals surface area contributed by atoms with Gasteiger partial charge in [-0.2, -0.15) is 20.8 Å². The molecule has 1 N–H and O–H groups in total. The minimum absolute atomic E-state index is 0. The average Bonchev–Trinajstić information content (AvgIpc) is 2.03. The number of para-hydroxylation sites is 1. The molecule has 1 rings (SSSR count). The molecule has 1 aromatic rings. The second kappa shape index (κ2) is 8.42. The Morgan fingerprint density at radius 1 is 1.27 bits per heavy atom. The maximum Gasteiger partial charge on any atom is 2.00 e. The Labute approximate surface area is 103 Å². The van der Waals surface area contributed by atoms with Crippen LogP contribution in [0.15, 0.2) is 24.3 Å². The zero-order chi connectivity index (χ0) is 11.1. The Kier molecular flexibility index (Phi) is 9.29. The molecule has 4 heteroatoms. The molecular weight excluding hydrogens is 246 g/mol. The molecule has 78 valence electrons. The summed E-state index contributed by atoms with van der Waals surface area (Å²) in [6.45, 7) is 6.25. The van der Waals surface area contributed by atoms with Crippen LogP contribution >= 0.6 is 0 Å². The number of carbonyl (C=O) groups is 1. The second-order valence-corrected chi connectivity index (χ2v) is 3.30. The predicted octanol–water partition coefficient (Wildman–Crippen LogP) is 2.08. The molecule has 3 nitrogen and oxygen atoms in total. The Balaban J connectivity index is 0. The molecule has 15 heavy (non-hydrogen) atoms. The third-order valence-corrected chi connectivity index (χ3v) is 1.12. The molecule has 0 atom stereocenters. The van der Waals surface area contributed by atoms with Gasteiger partial charge in [0.05, 0.1) is 5.56 Å². The molecule has 0 saturated carbocycles. The molecule has 0 amide bonds. The van der Waals surface area contributed by atoms with Crippen LogP contribution in [0.4, 0.5) is 0 Å². The summed E-state index contributed by atoms with van der Waals surface area (Å²) in [7, 11) is 0. The van der Waals surface area contributed by atoms with Gasteiger partial charge in [0, 0.05) is 0 Å². The number of rotatable bonds is 1. The molecule has 0 saturated heterocycles. The summed E-state index contributed by atoms with van der Waals surface area (Å²) in [5.41, 5.74) is -0.178. The van der Waals surface area contributed by atoms with Gasteiger partial charge in [-0.1, -0.05) is 23.9 Å². The number of hydrogen-bond donors (Lipinski definition) is 1. The first kappa shape index (κ1) is 16.5. The van der Waals surface area contributed by atoms with E-state index in [0.29, 0.717) is 0 Å². The van der Waals surface area contributed by atoms with Gasteiger partial charge < -0.3 is 16.1 Å². The topological polar surface area (TPSA) is 60.4 Å². The molecule has 0 aliphatic heterocycles. The molecule has 0 spiro atoms. The van der Waals surface area contributed by atoms with Crippen molar-refractivity contribution in [1.82, 2.24) is 0 Å². The smallest absolute Gasteiger partial charge is 0.872 e. The van der Waals surface area contributed by atoms with Gasteiger partial charge in [-0.15, -0.1) is 0 Å². The van der Waals surface area contributed by atoms with Crippen LogP contribution < -0.4 is 5.11 Å². The van der Waals surface area contributed by atoms with Crippen molar-refractivity contribution in [3.05, 3.63) is 35.7 Å². The third kappa shape index (κ3) is 8.13. The van der Waals surface area contributed by atoms with Gasteiger partial charge in [0.15, 0.2) is 0 Å². The summed E-state index contributed by atoms with van der Waals surface area (Å²) < 4.78 is 0. The first-order chi connectivity index (χ1) is 6.45. The number of carboxylic acids is 1. The van der Waals surface area contributed by atoms with E-state index in [1.54, 1.807) is 0 Å². The zero-order valence-electron chi connectivity index (χ0n) is 9.28. The van der Waals surface area contributed by atoms with E-state index >= 15 is 0 Å². The van der Waals surface area contributed by atoms with Crippen molar-refractivity contribution in [2.45, 2.75) is 20.8 Å². The van der Waals surface area contributed by atoms with Gasteiger partial charge in [-0.3, -0.25) is 0 Å². The monoisotopic (exact) mass is 258 g/mol. The van der Waals surface area contributed by atoms with E-state index in [1.807, 2.05) is 0 Å². The van der Waals surface area contributed by atoms with Crippen LogP contribution in [-0.2, 0) is 19.5 Å². The van der Waals surface area contributed by atoms with Crippen LogP contribution in [0.25, 0.3) is 0 Å². The van der Waals surface area contributed by atoms with Crippen molar-refractivity contribution in [1.29, 1.82) is 0 Å². The van der Waals surface area contributed by atoms with E-state index in [9.17, 15) is 9.90 Å². The van der Waals surface area contributed by atoms with Crippen LogP contribution in [0, 0.1) is 5.92 Å². The van der Waals surface area contributed by atoms with Gasteiger partial charge >= 0.3 is 25.4 Å². The fraction of sp³-hybridized carbons (Fsp3) is 0.273. The van der Waals surface area contributed by atoms with Crippen LogP contribution in [-0.4, -0.2) is 11.1 Å². The fourth-order valence-corrected chi connectivity index (χ4v) is 0.643. The first-order valence-corrected chi connectivity index (χ1v) is 4.21. The number of benzene rings is 1. The minimum atomic E-state index is -1.18. The average molecular weight is 260 g/mol. The zero-order valence-corrected chi connectivity index (χ0v) is 12.2. The quantitative estimate of drug-likeness (QED) is 0.620. The number of hydrogen-bond acceptors (Lipinski definition) is 2. The fourth-order valence-electron chi connectivity index (χ4n) is 0.643. The van der Waals surface area contributed by atoms with Gasteiger partial charge in [0.25, 0.3) is 0 Å². The second-order valence-electron chi connectivity index (χ2n) is 3.30. The summed E-state index contributed by atoms with van der Waals surface area (Å²) in [5, 5.41) is 19.0. The normalized spacial score (nSPS) is 8.53. The molecule has 0 heterocycles. The summed E-state index contributed by atoms with van der Waals surface area (Å²) in [5.74, 6) is -0.208. The van der Waals surface area contributed by atoms with Crippen LogP contribution in [0.1, 0.15) is 31.1 Å². The van der Waals surface area contributed by atoms with Gasteiger partial charge in [0.1, 0.15) is 0 Å². The largest absolute Gasteiger partial charge is 2.00 e. The molecule has 1 aromatic carbocycles. The van der Waals surface area contributed by atoms with E-state index < -0.39 is 11.7 Å². The minimum Gasteiger partial charge on any atom is -0.872 e. The summed E-state index contributed by atoms with van der Waals surface area (Å²) in [6, 6.07) is 5.54. The third-order valence-electron chi connectivity index (χ3n) is 1.12. The van der Waals surface area contributed by atoms with Crippen molar-refractivity contribution >= 4 is 5.97 Å². The van der Waals surface area contributed by atoms with E-state index in [4.69, 9.17) is 5.11 Å². The van der Waals surface area contributed by atoms with Crippen molar-refractivity contribution in [2.75, 3.05) is 0 Å². The van der Waals surface area contributed by atoms with Crippen molar-refractivity contribution in [3.63, 3.8) is 0 Å². The van der Waals surface area contributed by atoms with Crippen LogP contribution in [0.5, 0.6) is 5.75 Å². The molecule has 0 aliphatic rings.